The summed E-state index contributed by atoms with van der Waals surface area (Å²) in [5.41, 5.74) is 0. The van der Waals surface area contributed by atoms with E-state index in [4.69, 9.17) is 5.11 Å². The summed E-state index contributed by atoms with van der Waals surface area (Å²) >= 11 is 0. The highest BCUT2D eigenvalue weighted by Crippen LogP contribution is 2.23. The van der Waals surface area contributed by atoms with Crippen molar-refractivity contribution in [1.29, 1.82) is 0 Å². The molecule has 0 saturated carbocycles. The molecule has 0 bridgehead atoms. The Hall–Kier alpha value is -0.240. The molecule has 0 aliphatic carbocycles. The van der Waals surface area contributed by atoms with Crippen molar-refractivity contribution in [3.8, 4) is 0 Å². The highest BCUT2D eigenvalue weighted by Gasteiger charge is 2.43. The van der Waals surface area contributed by atoms with Gasteiger partial charge >= 0.3 is 0 Å². The van der Waals surface area contributed by atoms with Crippen molar-refractivity contribution in [1.82, 2.24) is 10.0 Å². The minimum Gasteiger partial charge on any atom is -0.395 e. The monoisotopic (exact) mass is 218 g/mol. The molecule has 2 fully saturated rings. The molecule has 4 N–H and O–H groups in total. The van der Waals surface area contributed by atoms with E-state index in [0.29, 0.717) is 26.1 Å². The molecule has 4 atom stereocenters. The van der Waals surface area contributed by atoms with Crippen molar-refractivity contribution in [2.45, 2.75) is 30.8 Å². The van der Waals surface area contributed by atoms with Gasteiger partial charge in [0, 0.05) is 19.6 Å². The van der Waals surface area contributed by atoms with E-state index in [1.54, 1.807) is 5.01 Å². The normalized spacial score (nSPS) is 44.0. The maximum absolute atomic E-state index is 9.61. The van der Waals surface area contributed by atoms with Crippen LogP contribution in [0.25, 0.3) is 0 Å². The Morgan fingerprint density at radius 3 is 2.40 bits per heavy atom. The Morgan fingerprint density at radius 2 is 1.87 bits per heavy atom. The molecule has 88 valence electrons. The van der Waals surface area contributed by atoms with Gasteiger partial charge in [0.05, 0.1) is 24.9 Å². The van der Waals surface area contributed by atoms with Crippen LogP contribution in [0.4, 0.5) is 0 Å². The molecule has 0 aromatic heterocycles. The number of hydrogen-bond donors (Lipinski definition) is 4. The molecule has 2 saturated heterocycles. The summed E-state index contributed by atoms with van der Waals surface area (Å²) in [4.78, 5) is 0. The molecule has 15 heavy (non-hydrogen) atoms. The zero-order chi connectivity index (χ0) is 11.0. The summed E-state index contributed by atoms with van der Waals surface area (Å²) in [7, 11) is 0. The smallest absolute Gasteiger partial charge is 0.100 e. The van der Waals surface area contributed by atoms with Crippen molar-refractivity contribution in [2.75, 3.05) is 26.2 Å². The molecule has 2 heterocycles. The number of rotatable bonds is 2. The van der Waals surface area contributed by atoms with Gasteiger partial charge in [0.25, 0.3) is 0 Å². The van der Waals surface area contributed by atoms with Crippen LogP contribution in [0.15, 0.2) is 0 Å². The minimum absolute atomic E-state index is 0.190. The lowest BCUT2D eigenvalue weighted by Gasteiger charge is -2.32. The van der Waals surface area contributed by atoms with Gasteiger partial charge in [0.2, 0.25) is 0 Å². The van der Waals surface area contributed by atoms with Crippen LogP contribution in [0.3, 0.4) is 0 Å². The van der Waals surface area contributed by atoms with E-state index < -0.39 is 18.2 Å². The second-order valence-electron chi connectivity index (χ2n) is 4.29. The Balaban J connectivity index is 2.02. The van der Waals surface area contributed by atoms with Crippen molar-refractivity contribution in [2.24, 2.45) is 0 Å². The Kier molecular flexibility index (Phi) is 3.24. The highest BCUT2D eigenvalue weighted by atomic mass is 16.3. The zero-order valence-electron chi connectivity index (χ0n) is 8.53. The molecule has 2 aliphatic rings. The third-order valence-electron chi connectivity index (χ3n) is 3.24. The van der Waals surface area contributed by atoms with Gasteiger partial charge in [-0.15, -0.1) is 0 Å². The topological polar surface area (TPSA) is 87.4 Å². The first-order valence-electron chi connectivity index (χ1n) is 5.30. The summed E-state index contributed by atoms with van der Waals surface area (Å²) in [6, 6.07) is -0.453. The summed E-state index contributed by atoms with van der Waals surface area (Å²) in [5.74, 6) is 0. The lowest BCUT2D eigenvalue weighted by atomic mass is 10.1. The van der Waals surface area contributed by atoms with Crippen LogP contribution in [0, 0.1) is 0 Å². The van der Waals surface area contributed by atoms with Gasteiger partial charge in [-0.05, 0) is 6.42 Å². The molecule has 6 nitrogen and oxygen atoms in total. The Labute approximate surface area is 88.3 Å². The SMILES string of the molecule is OCC1C(O)C(O)CN1N1CCC(O)C1. The molecule has 6 heteroatoms. The minimum atomic E-state index is -0.909. The molecule has 2 aliphatic heterocycles. The Bertz CT molecular complexity index is 228. The van der Waals surface area contributed by atoms with E-state index in [0.717, 1.165) is 0 Å². The third-order valence-corrected chi connectivity index (χ3v) is 3.24. The van der Waals surface area contributed by atoms with Gasteiger partial charge in [-0.2, -0.15) is 0 Å². The van der Waals surface area contributed by atoms with Gasteiger partial charge in [-0.25, -0.2) is 10.0 Å². The first kappa shape index (κ1) is 11.3. The number of β-amino-alcohol motifs (C(OH)–C–C–N with tert-alkyl or cyclic N) is 2. The van der Waals surface area contributed by atoms with E-state index in [1.807, 2.05) is 5.01 Å². The van der Waals surface area contributed by atoms with E-state index in [-0.39, 0.29) is 12.7 Å². The maximum atomic E-state index is 9.61. The fourth-order valence-corrected chi connectivity index (χ4v) is 2.35. The van der Waals surface area contributed by atoms with Crippen LogP contribution in [0.5, 0.6) is 0 Å². The summed E-state index contributed by atoms with van der Waals surface area (Å²) in [6.45, 7) is 1.34. The maximum Gasteiger partial charge on any atom is 0.100 e. The van der Waals surface area contributed by atoms with Gasteiger partial charge in [0.15, 0.2) is 0 Å². The van der Waals surface area contributed by atoms with Crippen LogP contribution in [0.2, 0.25) is 0 Å². The number of hydrogen-bond acceptors (Lipinski definition) is 6. The number of nitrogens with zero attached hydrogens (tertiary/aromatic N) is 2. The van der Waals surface area contributed by atoms with Crippen molar-refractivity contribution in [3.63, 3.8) is 0 Å². The van der Waals surface area contributed by atoms with Crippen molar-refractivity contribution >= 4 is 0 Å². The zero-order valence-corrected chi connectivity index (χ0v) is 8.53. The van der Waals surface area contributed by atoms with Crippen molar-refractivity contribution < 1.29 is 20.4 Å². The predicted octanol–water partition coefficient (Wildman–Crippen LogP) is -2.63. The predicted molar refractivity (Wildman–Crippen MR) is 51.8 cm³/mol. The quantitative estimate of drug-likeness (QED) is 0.405. The molecule has 2 rings (SSSR count). The molecule has 0 amide bonds. The molecule has 0 spiro atoms. The van der Waals surface area contributed by atoms with E-state index in [1.165, 1.54) is 0 Å². The van der Waals surface area contributed by atoms with Crippen LogP contribution >= 0.6 is 0 Å². The van der Waals surface area contributed by atoms with Crippen LogP contribution < -0.4 is 0 Å². The molecular formula is C9H18N2O4. The largest absolute Gasteiger partial charge is 0.395 e. The number of hydrazine groups is 1. The first-order valence-corrected chi connectivity index (χ1v) is 5.30. The molecule has 0 aromatic rings. The summed E-state index contributed by atoms with van der Waals surface area (Å²) in [5, 5.41) is 41.3. The van der Waals surface area contributed by atoms with E-state index in [2.05, 4.69) is 0 Å². The second-order valence-corrected chi connectivity index (χ2v) is 4.29. The molecule has 0 aromatic carbocycles. The lowest BCUT2D eigenvalue weighted by Crippen LogP contribution is -2.48. The summed E-state index contributed by atoms with van der Waals surface area (Å²) < 4.78 is 0. The molecular weight excluding hydrogens is 200 g/mol. The second kappa shape index (κ2) is 4.32. The lowest BCUT2D eigenvalue weighted by molar-refractivity contribution is -0.0605. The highest BCUT2D eigenvalue weighted by molar-refractivity contribution is 4.93. The van der Waals surface area contributed by atoms with E-state index in [9.17, 15) is 15.3 Å². The van der Waals surface area contributed by atoms with Crippen LogP contribution in [-0.4, -0.2) is 81.0 Å². The van der Waals surface area contributed by atoms with Crippen LogP contribution in [0.1, 0.15) is 6.42 Å². The standard InChI is InChI=1S/C9H18N2O4/c12-5-7-9(15)8(14)4-11(7)10-2-1-6(13)3-10/h6-9,12-15H,1-5H2. The van der Waals surface area contributed by atoms with E-state index >= 15 is 0 Å². The van der Waals surface area contributed by atoms with Crippen molar-refractivity contribution in [3.05, 3.63) is 0 Å². The van der Waals surface area contributed by atoms with Gasteiger partial charge < -0.3 is 20.4 Å². The fraction of sp³-hybridized carbons (Fsp3) is 1.00. The molecule has 4 unspecified atom stereocenters. The fourth-order valence-electron chi connectivity index (χ4n) is 2.35. The first-order chi connectivity index (χ1) is 7.13. The van der Waals surface area contributed by atoms with Gasteiger partial charge in [-0.3, -0.25) is 0 Å². The number of aliphatic hydroxyl groups excluding tert-OH is 4. The average molecular weight is 218 g/mol. The van der Waals surface area contributed by atoms with Crippen LogP contribution in [-0.2, 0) is 0 Å². The Morgan fingerprint density at radius 1 is 1.13 bits per heavy atom. The molecule has 0 radical (unpaired) electrons. The number of aliphatic hydroxyl groups is 4. The third kappa shape index (κ3) is 2.01. The summed E-state index contributed by atoms with van der Waals surface area (Å²) in [6.07, 6.45) is -1.38. The van der Waals surface area contributed by atoms with Gasteiger partial charge in [0.1, 0.15) is 6.10 Å². The van der Waals surface area contributed by atoms with Gasteiger partial charge in [-0.1, -0.05) is 0 Å². The average Bonchev–Trinajstić information content (AvgIpc) is 2.73.